The van der Waals surface area contributed by atoms with E-state index >= 15 is 0 Å². The van der Waals surface area contributed by atoms with E-state index in [1.54, 1.807) is 0 Å². The van der Waals surface area contributed by atoms with E-state index in [1.807, 2.05) is 0 Å². The van der Waals surface area contributed by atoms with Gasteiger partial charge in [-0.2, -0.15) is 0 Å². The zero-order valence-corrected chi connectivity index (χ0v) is 11.4. The third-order valence-electron chi connectivity index (χ3n) is 2.54. The number of rotatable bonds is 10. The molecule has 20 heavy (non-hydrogen) atoms. The van der Waals surface area contributed by atoms with Crippen molar-refractivity contribution in [3.05, 3.63) is 0 Å². The van der Waals surface area contributed by atoms with E-state index in [9.17, 15) is 14.4 Å². The molecule has 6 N–H and O–H groups in total. The van der Waals surface area contributed by atoms with Gasteiger partial charge in [0.25, 0.3) is 0 Å². The Morgan fingerprint density at radius 1 is 0.850 bits per heavy atom. The SMILES string of the molecule is O=P([O-])([O-])OC(CC(O)O)C(CCC(O)O)CC(O)O. The maximum Gasteiger partial charge on any atom is 0.153 e. The molecule has 0 fully saturated rings. The zero-order chi connectivity index (χ0) is 15.9. The van der Waals surface area contributed by atoms with Gasteiger partial charge < -0.3 is 49.5 Å². The number of hydrogen-bond donors (Lipinski definition) is 6. The highest BCUT2D eigenvalue weighted by Gasteiger charge is 2.27. The molecule has 0 aliphatic carbocycles. The number of aliphatic hydroxyl groups is 6. The van der Waals surface area contributed by atoms with Gasteiger partial charge in [-0.25, -0.2) is 0 Å². The molecule has 0 aliphatic rings. The van der Waals surface area contributed by atoms with Gasteiger partial charge in [-0.1, -0.05) is 0 Å². The Morgan fingerprint density at radius 2 is 1.35 bits per heavy atom. The third kappa shape index (κ3) is 10.6. The van der Waals surface area contributed by atoms with Crippen molar-refractivity contribution in [2.24, 2.45) is 5.92 Å². The summed E-state index contributed by atoms with van der Waals surface area (Å²) in [7, 11) is -5.43. The van der Waals surface area contributed by atoms with Crippen LogP contribution in [0.4, 0.5) is 0 Å². The zero-order valence-electron chi connectivity index (χ0n) is 10.5. The highest BCUT2D eigenvalue weighted by Crippen LogP contribution is 2.35. The molecule has 0 bridgehead atoms. The van der Waals surface area contributed by atoms with E-state index in [2.05, 4.69) is 4.52 Å². The van der Waals surface area contributed by atoms with Crippen LogP contribution in [0.2, 0.25) is 0 Å². The van der Waals surface area contributed by atoms with Crippen LogP contribution in [0.1, 0.15) is 25.7 Å². The van der Waals surface area contributed by atoms with Crippen LogP contribution in [-0.4, -0.2) is 55.6 Å². The largest absolute Gasteiger partial charge is 0.790 e. The van der Waals surface area contributed by atoms with E-state index in [4.69, 9.17) is 30.6 Å². The lowest BCUT2D eigenvalue weighted by atomic mass is 9.91. The van der Waals surface area contributed by atoms with Gasteiger partial charge in [0, 0.05) is 12.8 Å². The lowest BCUT2D eigenvalue weighted by molar-refractivity contribution is -0.347. The van der Waals surface area contributed by atoms with E-state index in [1.165, 1.54) is 0 Å². The van der Waals surface area contributed by atoms with Crippen LogP contribution in [0.25, 0.3) is 0 Å². The summed E-state index contributed by atoms with van der Waals surface area (Å²) in [6, 6.07) is 0. The van der Waals surface area contributed by atoms with Gasteiger partial charge in [0.05, 0.1) is 13.9 Å². The molecule has 0 aromatic carbocycles. The Bertz CT molecular complexity index is 301. The fourth-order valence-corrected chi connectivity index (χ4v) is 2.37. The predicted octanol–water partition coefficient (Wildman–Crippen LogP) is -3.69. The van der Waals surface area contributed by atoms with Crippen LogP contribution in [0.5, 0.6) is 0 Å². The van der Waals surface area contributed by atoms with Gasteiger partial charge in [0.15, 0.2) is 18.9 Å². The molecule has 0 radical (unpaired) electrons. The second kappa shape index (κ2) is 9.00. The summed E-state index contributed by atoms with van der Waals surface area (Å²) in [5.74, 6) is -1.00. The molecule has 0 spiro atoms. The molecule has 10 nitrogen and oxygen atoms in total. The fraction of sp³-hybridized carbons (Fsp3) is 1.00. The first-order valence-corrected chi connectivity index (χ1v) is 7.26. The minimum absolute atomic E-state index is 0.132. The van der Waals surface area contributed by atoms with E-state index in [0.717, 1.165) is 0 Å². The van der Waals surface area contributed by atoms with Crippen molar-refractivity contribution >= 4 is 7.82 Å². The molecule has 11 heteroatoms. The Labute approximate surface area is 115 Å². The molecular weight excluding hydrogens is 299 g/mol. The highest BCUT2D eigenvalue weighted by molar-refractivity contribution is 7.43. The number of hydrogen-bond acceptors (Lipinski definition) is 10. The number of phosphoric acid groups is 1. The Hall–Kier alpha value is -0.130. The average Bonchev–Trinajstić information content (AvgIpc) is 2.19. The molecule has 122 valence electrons. The van der Waals surface area contributed by atoms with Crippen LogP contribution >= 0.6 is 7.82 Å². The van der Waals surface area contributed by atoms with Gasteiger partial charge in [-0.05, 0) is 18.8 Å². The molecule has 0 aromatic heterocycles. The average molecular weight is 318 g/mol. The normalized spacial score (nSPS) is 16.1. The number of aliphatic hydroxyl groups excluding tert-OH is 3. The van der Waals surface area contributed by atoms with Crippen molar-refractivity contribution < 1.29 is 49.5 Å². The predicted molar refractivity (Wildman–Crippen MR) is 59.1 cm³/mol. The standard InChI is InChI=1S/C9H21O10P/c10-7(11)2-1-5(3-8(12)13)6(4-9(14)15)19-20(16,17)18/h5-15H,1-4H2,(H2,16,17,18)/p-2. The van der Waals surface area contributed by atoms with E-state index in [-0.39, 0.29) is 12.8 Å². The summed E-state index contributed by atoms with van der Waals surface area (Å²) in [5.41, 5.74) is 0. The van der Waals surface area contributed by atoms with Gasteiger partial charge in [-0.3, -0.25) is 0 Å². The smallest absolute Gasteiger partial charge is 0.153 e. The van der Waals surface area contributed by atoms with Gasteiger partial charge in [0.1, 0.15) is 0 Å². The molecule has 0 saturated carbocycles. The van der Waals surface area contributed by atoms with Crippen LogP contribution in [-0.2, 0) is 9.09 Å². The molecule has 0 rings (SSSR count). The first-order valence-electron chi connectivity index (χ1n) is 5.80. The van der Waals surface area contributed by atoms with Crippen molar-refractivity contribution in [1.82, 2.24) is 0 Å². The minimum Gasteiger partial charge on any atom is -0.790 e. The second-order valence-electron chi connectivity index (χ2n) is 4.34. The maximum absolute atomic E-state index is 10.6. The van der Waals surface area contributed by atoms with Crippen LogP contribution in [0.3, 0.4) is 0 Å². The third-order valence-corrected chi connectivity index (χ3v) is 3.07. The Balaban J connectivity index is 4.90. The molecule has 0 aliphatic heterocycles. The Kier molecular flexibility index (Phi) is 8.95. The summed E-state index contributed by atoms with van der Waals surface area (Å²) in [6.45, 7) is 0. The fourth-order valence-electron chi connectivity index (χ4n) is 1.78. The van der Waals surface area contributed by atoms with Gasteiger partial charge >= 0.3 is 0 Å². The molecule has 0 aromatic rings. The minimum atomic E-state index is -5.43. The molecular formula is C9H19O10P-2. The monoisotopic (exact) mass is 318 g/mol. The molecule has 2 unspecified atom stereocenters. The Morgan fingerprint density at radius 3 is 1.70 bits per heavy atom. The first-order chi connectivity index (χ1) is 9.01. The highest BCUT2D eigenvalue weighted by atomic mass is 31.2. The van der Waals surface area contributed by atoms with Crippen LogP contribution in [0.15, 0.2) is 0 Å². The van der Waals surface area contributed by atoms with Crippen molar-refractivity contribution in [2.75, 3.05) is 0 Å². The second-order valence-corrected chi connectivity index (χ2v) is 5.45. The molecule has 0 saturated heterocycles. The van der Waals surface area contributed by atoms with Crippen LogP contribution in [0, 0.1) is 5.92 Å². The summed E-state index contributed by atoms with van der Waals surface area (Å²) in [5, 5.41) is 53.0. The lowest BCUT2D eigenvalue weighted by Crippen LogP contribution is -2.34. The van der Waals surface area contributed by atoms with E-state index < -0.39 is 51.6 Å². The maximum atomic E-state index is 10.6. The summed E-state index contributed by atoms with van der Waals surface area (Å²) < 4.78 is 14.8. The van der Waals surface area contributed by atoms with E-state index in [0.29, 0.717) is 0 Å². The van der Waals surface area contributed by atoms with Crippen molar-refractivity contribution in [1.29, 1.82) is 0 Å². The quantitative estimate of drug-likeness (QED) is 0.172. The summed E-state index contributed by atoms with van der Waals surface area (Å²) >= 11 is 0. The number of phosphoric ester groups is 1. The van der Waals surface area contributed by atoms with Crippen molar-refractivity contribution in [3.63, 3.8) is 0 Å². The first kappa shape index (κ1) is 19.9. The van der Waals surface area contributed by atoms with Crippen molar-refractivity contribution in [2.45, 2.75) is 50.7 Å². The van der Waals surface area contributed by atoms with Crippen molar-refractivity contribution in [3.8, 4) is 0 Å². The lowest BCUT2D eigenvalue weighted by Gasteiger charge is -2.37. The van der Waals surface area contributed by atoms with Gasteiger partial charge in [0.2, 0.25) is 0 Å². The van der Waals surface area contributed by atoms with Crippen LogP contribution < -0.4 is 9.79 Å². The molecule has 0 heterocycles. The summed E-state index contributed by atoms with van der Waals surface area (Å²) in [6.07, 6.45) is -8.57. The summed E-state index contributed by atoms with van der Waals surface area (Å²) in [4.78, 5) is 21.2. The van der Waals surface area contributed by atoms with Gasteiger partial charge in [-0.15, -0.1) is 0 Å². The molecule has 0 amide bonds. The topological polar surface area (TPSA) is 194 Å². The molecule has 2 atom stereocenters.